The highest BCUT2D eigenvalue weighted by Crippen LogP contribution is 2.32. The number of benzene rings is 1. The Balaban J connectivity index is 1.69. The monoisotopic (exact) mass is 362 g/mol. The van der Waals surface area contributed by atoms with E-state index in [0.717, 1.165) is 5.56 Å². The van der Waals surface area contributed by atoms with Crippen molar-refractivity contribution in [1.82, 2.24) is 19.9 Å². The summed E-state index contributed by atoms with van der Waals surface area (Å²) in [5.74, 6) is -0.113. The van der Waals surface area contributed by atoms with Gasteiger partial charge in [0.1, 0.15) is 6.54 Å². The number of carbonyl (C=O) groups excluding carboxylic acids is 1. The number of methoxy groups -OCH3 is 1. The third-order valence-corrected chi connectivity index (χ3v) is 3.78. The Labute approximate surface area is 148 Å². The number of fused-ring (bicyclic) bond motifs is 1. The molecule has 0 fully saturated rings. The van der Waals surface area contributed by atoms with Crippen LogP contribution in [-0.4, -0.2) is 63.9 Å². The van der Waals surface area contributed by atoms with Crippen LogP contribution in [0.1, 0.15) is 16.1 Å². The molecule has 3 rings (SSSR count). The smallest absolute Gasteiger partial charge is 0.358 e. The van der Waals surface area contributed by atoms with E-state index >= 15 is 0 Å². The number of aromatic nitrogens is 3. The molecule has 0 aliphatic carbocycles. The third kappa shape index (κ3) is 4.09. The van der Waals surface area contributed by atoms with Gasteiger partial charge in [0.25, 0.3) is 0 Å². The molecule has 1 N–H and O–H groups in total. The maximum absolute atomic E-state index is 12.6. The summed E-state index contributed by atoms with van der Waals surface area (Å²) in [6.07, 6.45) is 1.22. The summed E-state index contributed by atoms with van der Waals surface area (Å²) in [6.45, 7) is 1.16. The van der Waals surface area contributed by atoms with Crippen LogP contribution in [0.15, 0.2) is 24.4 Å². The average molecular weight is 362 g/mol. The number of ether oxygens (including phenoxy) is 3. The summed E-state index contributed by atoms with van der Waals surface area (Å²) in [5, 5.41) is 16.0. The minimum atomic E-state index is -1.19. The van der Waals surface area contributed by atoms with Gasteiger partial charge in [0.05, 0.1) is 12.8 Å². The summed E-state index contributed by atoms with van der Waals surface area (Å²) < 4.78 is 16.9. The van der Waals surface area contributed by atoms with Crippen molar-refractivity contribution in [1.29, 1.82) is 0 Å². The predicted octanol–water partition coefficient (Wildman–Crippen LogP) is 0.380. The molecule has 138 valence electrons. The second kappa shape index (κ2) is 7.83. The van der Waals surface area contributed by atoms with Crippen LogP contribution in [0.2, 0.25) is 0 Å². The molecule has 1 aliphatic rings. The van der Waals surface area contributed by atoms with Crippen molar-refractivity contribution >= 4 is 11.9 Å². The Morgan fingerprint density at radius 3 is 2.88 bits per heavy atom. The lowest BCUT2D eigenvalue weighted by Crippen LogP contribution is -2.36. The SMILES string of the molecule is COCCN(Cc1ccc2c(c1)OCO2)C(=O)Cn1cc(C(=O)O)nn1. The Kier molecular flexibility index (Phi) is 5.32. The van der Waals surface area contributed by atoms with Crippen molar-refractivity contribution in [3.8, 4) is 11.5 Å². The van der Waals surface area contributed by atoms with Gasteiger partial charge >= 0.3 is 5.97 Å². The van der Waals surface area contributed by atoms with Crippen LogP contribution >= 0.6 is 0 Å². The number of hydrogen-bond donors (Lipinski definition) is 1. The van der Waals surface area contributed by atoms with Crippen LogP contribution in [-0.2, 0) is 22.6 Å². The maximum atomic E-state index is 12.6. The van der Waals surface area contributed by atoms with Gasteiger partial charge in [0.2, 0.25) is 12.7 Å². The number of carbonyl (C=O) groups is 2. The Morgan fingerprint density at radius 2 is 2.15 bits per heavy atom. The molecule has 1 aliphatic heterocycles. The van der Waals surface area contributed by atoms with Gasteiger partial charge in [-0.1, -0.05) is 11.3 Å². The zero-order chi connectivity index (χ0) is 18.5. The molecule has 1 amide bonds. The first-order valence-corrected chi connectivity index (χ1v) is 7.85. The number of aromatic carboxylic acids is 1. The van der Waals surface area contributed by atoms with Crippen molar-refractivity contribution in [2.45, 2.75) is 13.1 Å². The molecular weight excluding hydrogens is 344 g/mol. The highest BCUT2D eigenvalue weighted by molar-refractivity contribution is 5.84. The fraction of sp³-hybridized carbons (Fsp3) is 0.375. The Hall–Kier alpha value is -3.14. The quantitative estimate of drug-likeness (QED) is 0.716. The maximum Gasteiger partial charge on any atom is 0.358 e. The molecule has 26 heavy (non-hydrogen) atoms. The molecule has 0 radical (unpaired) electrons. The fourth-order valence-corrected chi connectivity index (χ4v) is 2.47. The standard InChI is InChI=1S/C16H18N4O6/c1-24-5-4-19(7-11-2-3-13-14(6-11)26-10-25-13)15(21)9-20-8-12(16(22)23)17-18-20/h2-3,6,8H,4-5,7,9-10H2,1H3,(H,22,23). The fourth-order valence-electron chi connectivity index (χ4n) is 2.47. The van der Waals surface area contributed by atoms with Gasteiger partial charge < -0.3 is 24.2 Å². The molecule has 1 aromatic carbocycles. The molecule has 0 atom stereocenters. The molecule has 2 heterocycles. The van der Waals surface area contributed by atoms with Crippen molar-refractivity contribution in [3.05, 3.63) is 35.7 Å². The van der Waals surface area contributed by atoms with E-state index in [-0.39, 0.29) is 24.9 Å². The second-order valence-corrected chi connectivity index (χ2v) is 5.60. The van der Waals surface area contributed by atoms with Crippen LogP contribution < -0.4 is 9.47 Å². The van der Waals surface area contributed by atoms with Gasteiger partial charge in [0.15, 0.2) is 17.2 Å². The zero-order valence-corrected chi connectivity index (χ0v) is 14.1. The van der Waals surface area contributed by atoms with E-state index in [0.29, 0.717) is 31.2 Å². The van der Waals surface area contributed by atoms with Gasteiger partial charge in [-0.25, -0.2) is 9.48 Å². The number of rotatable bonds is 8. The van der Waals surface area contributed by atoms with Crippen molar-refractivity contribution in [3.63, 3.8) is 0 Å². The lowest BCUT2D eigenvalue weighted by molar-refractivity contribution is -0.133. The van der Waals surface area contributed by atoms with Gasteiger partial charge in [-0.2, -0.15) is 0 Å². The lowest BCUT2D eigenvalue weighted by atomic mass is 10.2. The summed E-state index contributed by atoms with van der Waals surface area (Å²) in [7, 11) is 1.56. The van der Waals surface area contributed by atoms with E-state index < -0.39 is 5.97 Å². The van der Waals surface area contributed by atoms with Gasteiger partial charge in [-0.3, -0.25) is 4.79 Å². The number of hydrogen-bond acceptors (Lipinski definition) is 7. The number of carboxylic acid groups (broad SMARTS) is 1. The van der Waals surface area contributed by atoms with Gasteiger partial charge in [0, 0.05) is 20.2 Å². The number of amides is 1. The van der Waals surface area contributed by atoms with Crippen LogP contribution in [0.5, 0.6) is 11.5 Å². The van der Waals surface area contributed by atoms with E-state index in [9.17, 15) is 9.59 Å². The number of nitrogens with zero attached hydrogens (tertiary/aromatic N) is 4. The first-order chi connectivity index (χ1) is 12.6. The van der Waals surface area contributed by atoms with E-state index in [4.69, 9.17) is 19.3 Å². The summed E-state index contributed by atoms with van der Waals surface area (Å²) in [4.78, 5) is 25.1. The van der Waals surface area contributed by atoms with Gasteiger partial charge in [-0.15, -0.1) is 5.10 Å². The summed E-state index contributed by atoms with van der Waals surface area (Å²) in [6, 6.07) is 5.49. The highest BCUT2D eigenvalue weighted by Gasteiger charge is 2.19. The first kappa shape index (κ1) is 17.7. The molecule has 0 unspecified atom stereocenters. The van der Waals surface area contributed by atoms with Crippen LogP contribution in [0.25, 0.3) is 0 Å². The van der Waals surface area contributed by atoms with E-state index in [1.54, 1.807) is 18.1 Å². The molecule has 0 bridgehead atoms. The van der Waals surface area contributed by atoms with Crippen molar-refractivity contribution in [2.24, 2.45) is 0 Å². The first-order valence-electron chi connectivity index (χ1n) is 7.85. The van der Waals surface area contributed by atoms with Crippen LogP contribution in [0.3, 0.4) is 0 Å². The molecule has 0 saturated carbocycles. The van der Waals surface area contributed by atoms with E-state index in [1.165, 1.54) is 10.9 Å². The van der Waals surface area contributed by atoms with Gasteiger partial charge in [-0.05, 0) is 17.7 Å². The lowest BCUT2D eigenvalue weighted by Gasteiger charge is -2.22. The molecule has 0 saturated heterocycles. The van der Waals surface area contributed by atoms with Crippen LogP contribution in [0.4, 0.5) is 0 Å². The molecule has 1 aromatic heterocycles. The number of carboxylic acids is 1. The zero-order valence-electron chi connectivity index (χ0n) is 14.1. The third-order valence-electron chi connectivity index (χ3n) is 3.78. The molecule has 10 heteroatoms. The van der Waals surface area contributed by atoms with Crippen molar-refractivity contribution in [2.75, 3.05) is 27.1 Å². The minimum Gasteiger partial charge on any atom is -0.476 e. The van der Waals surface area contributed by atoms with Crippen molar-refractivity contribution < 1.29 is 28.9 Å². The second-order valence-electron chi connectivity index (χ2n) is 5.60. The van der Waals surface area contributed by atoms with E-state index in [2.05, 4.69) is 10.3 Å². The highest BCUT2D eigenvalue weighted by atomic mass is 16.7. The average Bonchev–Trinajstić information content (AvgIpc) is 3.27. The minimum absolute atomic E-state index is 0.117. The molecule has 2 aromatic rings. The summed E-state index contributed by atoms with van der Waals surface area (Å²) >= 11 is 0. The Bertz CT molecular complexity index is 806. The topological polar surface area (TPSA) is 116 Å². The molecule has 10 nitrogen and oxygen atoms in total. The largest absolute Gasteiger partial charge is 0.476 e. The van der Waals surface area contributed by atoms with E-state index in [1.807, 2.05) is 12.1 Å². The predicted molar refractivity (Wildman–Crippen MR) is 86.8 cm³/mol. The van der Waals surface area contributed by atoms with Crippen LogP contribution in [0, 0.1) is 0 Å². The molecular formula is C16H18N4O6. The normalized spacial score (nSPS) is 12.2. The summed E-state index contributed by atoms with van der Waals surface area (Å²) in [5.41, 5.74) is 0.667. The molecule has 0 spiro atoms. The Morgan fingerprint density at radius 1 is 1.35 bits per heavy atom.